The topological polar surface area (TPSA) is 75.3 Å². The monoisotopic (exact) mass is 324 g/mol. The van der Waals surface area contributed by atoms with Gasteiger partial charge in [0.05, 0.1) is 4.90 Å². The molecule has 5 nitrogen and oxygen atoms in total. The fraction of sp³-hybridized carbons (Fsp3) is 0.417. The van der Waals surface area contributed by atoms with Crippen molar-refractivity contribution in [2.24, 2.45) is 0 Å². The number of halogens is 3. The molecule has 0 aliphatic rings. The Morgan fingerprint density at radius 1 is 1.19 bits per heavy atom. The van der Waals surface area contributed by atoms with E-state index in [0.717, 1.165) is 12.1 Å². The second-order valence-corrected chi connectivity index (χ2v) is 6.03. The average Bonchev–Trinajstić information content (AvgIpc) is 2.37. The SMILES string of the molecule is CCCC(=O)Nc1ccc(S(=O)(=O)NCC(F)(F)F)cc1. The Morgan fingerprint density at radius 2 is 1.76 bits per heavy atom. The molecule has 0 heterocycles. The first-order chi connectivity index (χ1) is 9.64. The van der Waals surface area contributed by atoms with Crippen LogP contribution in [0.2, 0.25) is 0 Å². The normalized spacial score (nSPS) is 12.2. The zero-order chi connectivity index (χ0) is 16.1. The van der Waals surface area contributed by atoms with Crippen LogP contribution in [0.4, 0.5) is 18.9 Å². The molecule has 0 atom stereocenters. The van der Waals surface area contributed by atoms with Crippen LogP contribution in [-0.4, -0.2) is 27.0 Å². The Hall–Kier alpha value is -1.61. The Balaban J connectivity index is 2.75. The van der Waals surface area contributed by atoms with E-state index in [0.29, 0.717) is 18.5 Å². The minimum Gasteiger partial charge on any atom is -0.326 e. The quantitative estimate of drug-likeness (QED) is 0.843. The van der Waals surface area contributed by atoms with Crippen LogP contribution in [-0.2, 0) is 14.8 Å². The lowest BCUT2D eigenvalue weighted by molar-refractivity contribution is -0.121. The molecule has 0 aliphatic carbocycles. The van der Waals surface area contributed by atoms with Crippen molar-refractivity contribution in [3.05, 3.63) is 24.3 Å². The van der Waals surface area contributed by atoms with Crippen LogP contribution >= 0.6 is 0 Å². The number of benzene rings is 1. The third kappa shape index (κ3) is 6.13. The highest BCUT2D eigenvalue weighted by Crippen LogP contribution is 2.17. The number of alkyl halides is 3. The number of hydrogen-bond donors (Lipinski definition) is 2. The number of carbonyl (C=O) groups is 1. The van der Waals surface area contributed by atoms with Crippen LogP contribution in [0.1, 0.15) is 19.8 Å². The van der Waals surface area contributed by atoms with E-state index < -0.39 is 22.7 Å². The van der Waals surface area contributed by atoms with Crippen molar-refractivity contribution in [2.75, 3.05) is 11.9 Å². The molecule has 1 amide bonds. The first-order valence-electron chi connectivity index (χ1n) is 6.10. The van der Waals surface area contributed by atoms with Crippen molar-refractivity contribution in [3.8, 4) is 0 Å². The van der Waals surface area contributed by atoms with Crippen LogP contribution in [0.3, 0.4) is 0 Å². The molecule has 0 spiro atoms. The molecule has 1 aromatic carbocycles. The lowest BCUT2D eigenvalue weighted by Crippen LogP contribution is -2.33. The van der Waals surface area contributed by atoms with E-state index >= 15 is 0 Å². The summed E-state index contributed by atoms with van der Waals surface area (Å²) in [6.07, 6.45) is -3.63. The maximum absolute atomic E-state index is 12.0. The summed E-state index contributed by atoms with van der Waals surface area (Å²) >= 11 is 0. The van der Waals surface area contributed by atoms with Crippen LogP contribution in [0.25, 0.3) is 0 Å². The van der Waals surface area contributed by atoms with Gasteiger partial charge in [0.15, 0.2) is 0 Å². The summed E-state index contributed by atoms with van der Waals surface area (Å²) in [6, 6.07) is 4.88. The van der Waals surface area contributed by atoms with Gasteiger partial charge < -0.3 is 5.32 Å². The average molecular weight is 324 g/mol. The van der Waals surface area contributed by atoms with Gasteiger partial charge >= 0.3 is 6.18 Å². The van der Waals surface area contributed by atoms with Crippen LogP contribution in [0.5, 0.6) is 0 Å². The molecule has 0 saturated heterocycles. The molecular weight excluding hydrogens is 309 g/mol. The van der Waals surface area contributed by atoms with Gasteiger partial charge in [-0.2, -0.15) is 13.2 Å². The van der Waals surface area contributed by atoms with E-state index in [2.05, 4.69) is 5.32 Å². The molecule has 1 rings (SSSR count). The van der Waals surface area contributed by atoms with Gasteiger partial charge in [0.1, 0.15) is 6.54 Å². The molecular formula is C12H15F3N2O3S. The van der Waals surface area contributed by atoms with Crippen molar-refractivity contribution in [3.63, 3.8) is 0 Å². The summed E-state index contributed by atoms with van der Waals surface area (Å²) in [5, 5.41) is 2.54. The van der Waals surface area contributed by atoms with E-state index in [1.165, 1.54) is 16.9 Å². The van der Waals surface area contributed by atoms with E-state index in [1.807, 2.05) is 6.92 Å². The summed E-state index contributed by atoms with van der Waals surface area (Å²) in [7, 11) is -4.23. The van der Waals surface area contributed by atoms with E-state index in [4.69, 9.17) is 0 Å². The van der Waals surface area contributed by atoms with Gasteiger partial charge in [0, 0.05) is 12.1 Å². The number of amides is 1. The smallest absolute Gasteiger partial charge is 0.326 e. The molecule has 0 aliphatic heterocycles. The molecule has 0 radical (unpaired) electrons. The Labute approximate surface area is 120 Å². The minimum absolute atomic E-state index is 0.219. The van der Waals surface area contributed by atoms with Gasteiger partial charge in [-0.25, -0.2) is 13.1 Å². The maximum Gasteiger partial charge on any atom is 0.402 e. The Morgan fingerprint density at radius 3 is 2.24 bits per heavy atom. The minimum atomic E-state index is -4.62. The molecule has 0 aromatic heterocycles. The van der Waals surface area contributed by atoms with Gasteiger partial charge in [-0.05, 0) is 30.7 Å². The Kier molecular flexibility index (Phi) is 5.73. The first-order valence-corrected chi connectivity index (χ1v) is 7.58. The zero-order valence-electron chi connectivity index (χ0n) is 11.2. The number of nitrogens with one attached hydrogen (secondary N) is 2. The van der Waals surface area contributed by atoms with E-state index in [-0.39, 0.29) is 10.8 Å². The Bertz CT molecular complexity index is 583. The van der Waals surface area contributed by atoms with E-state index in [9.17, 15) is 26.4 Å². The standard InChI is InChI=1S/C12H15F3N2O3S/c1-2-3-11(18)17-9-4-6-10(7-5-9)21(19,20)16-8-12(13,14)15/h4-7,16H,2-3,8H2,1H3,(H,17,18). The molecule has 0 bridgehead atoms. The number of carbonyl (C=O) groups excluding carboxylic acids is 1. The third-order valence-corrected chi connectivity index (χ3v) is 3.81. The summed E-state index contributed by atoms with van der Waals surface area (Å²) < 4.78 is 60.7. The fourth-order valence-electron chi connectivity index (χ4n) is 1.43. The number of sulfonamides is 1. The van der Waals surface area contributed by atoms with Crippen molar-refractivity contribution in [1.82, 2.24) is 4.72 Å². The van der Waals surface area contributed by atoms with Gasteiger partial charge in [0.25, 0.3) is 0 Å². The highest BCUT2D eigenvalue weighted by Gasteiger charge is 2.29. The molecule has 2 N–H and O–H groups in total. The lowest BCUT2D eigenvalue weighted by Gasteiger charge is -2.10. The molecule has 0 unspecified atom stereocenters. The number of hydrogen-bond acceptors (Lipinski definition) is 3. The van der Waals surface area contributed by atoms with Gasteiger partial charge in [-0.1, -0.05) is 6.92 Å². The van der Waals surface area contributed by atoms with Gasteiger partial charge in [0.2, 0.25) is 15.9 Å². The van der Waals surface area contributed by atoms with Crippen LogP contribution in [0.15, 0.2) is 29.2 Å². The summed E-state index contributed by atoms with van der Waals surface area (Å²) in [4.78, 5) is 11.0. The third-order valence-electron chi connectivity index (χ3n) is 2.39. The predicted molar refractivity (Wildman–Crippen MR) is 71.2 cm³/mol. The largest absolute Gasteiger partial charge is 0.402 e. The van der Waals surface area contributed by atoms with Gasteiger partial charge in [-0.15, -0.1) is 0 Å². The summed E-state index contributed by atoms with van der Waals surface area (Å²) in [5.74, 6) is -0.219. The van der Waals surface area contributed by atoms with Crippen LogP contribution < -0.4 is 10.0 Å². The molecule has 9 heteroatoms. The van der Waals surface area contributed by atoms with Crippen molar-refractivity contribution < 1.29 is 26.4 Å². The number of rotatable bonds is 6. The number of anilines is 1. The first kappa shape index (κ1) is 17.4. The summed E-state index contributed by atoms with van der Waals surface area (Å²) in [5.41, 5.74) is 0.378. The molecule has 118 valence electrons. The highest BCUT2D eigenvalue weighted by atomic mass is 32.2. The van der Waals surface area contributed by atoms with Crippen molar-refractivity contribution >= 4 is 21.6 Å². The highest BCUT2D eigenvalue weighted by molar-refractivity contribution is 7.89. The molecule has 0 saturated carbocycles. The maximum atomic E-state index is 12.0. The fourth-order valence-corrected chi connectivity index (χ4v) is 2.44. The molecule has 1 aromatic rings. The second-order valence-electron chi connectivity index (χ2n) is 4.26. The zero-order valence-corrected chi connectivity index (χ0v) is 12.0. The predicted octanol–water partition coefficient (Wildman–Crippen LogP) is 2.27. The van der Waals surface area contributed by atoms with Crippen molar-refractivity contribution in [1.29, 1.82) is 0 Å². The van der Waals surface area contributed by atoms with E-state index in [1.54, 1.807) is 0 Å². The lowest BCUT2D eigenvalue weighted by atomic mass is 10.3. The second kappa shape index (κ2) is 6.90. The van der Waals surface area contributed by atoms with Gasteiger partial charge in [-0.3, -0.25) is 4.79 Å². The molecule has 21 heavy (non-hydrogen) atoms. The molecule has 0 fully saturated rings. The van der Waals surface area contributed by atoms with Crippen LogP contribution in [0, 0.1) is 0 Å². The summed E-state index contributed by atoms with van der Waals surface area (Å²) in [6.45, 7) is 0.200. The van der Waals surface area contributed by atoms with Crippen molar-refractivity contribution in [2.45, 2.75) is 30.8 Å².